The van der Waals surface area contributed by atoms with Gasteiger partial charge in [-0.1, -0.05) is 18.2 Å². The zero-order valence-electron chi connectivity index (χ0n) is 7.56. The molecule has 0 bridgehead atoms. The second-order valence-corrected chi connectivity index (χ2v) is 4.42. The zero-order valence-corrected chi connectivity index (χ0v) is 8.38. The van der Waals surface area contributed by atoms with E-state index in [1.807, 2.05) is 12.1 Å². The summed E-state index contributed by atoms with van der Waals surface area (Å²) in [5, 5.41) is 0. The molecule has 0 amide bonds. The van der Waals surface area contributed by atoms with Crippen LogP contribution in [0.2, 0.25) is 0 Å². The Morgan fingerprint density at radius 2 is 2.21 bits per heavy atom. The van der Waals surface area contributed by atoms with Crippen LogP contribution in [-0.4, -0.2) is 4.21 Å². The molecule has 0 spiro atoms. The summed E-state index contributed by atoms with van der Waals surface area (Å²) in [7, 11) is 0. The van der Waals surface area contributed by atoms with Gasteiger partial charge in [0, 0.05) is 0 Å². The van der Waals surface area contributed by atoms with Crippen molar-refractivity contribution >= 4 is 11.4 Å². The lowest BCUT2D eigenvalue weighted by Crippen LogP contribution is -2.01. The van der Waals surface area contributed by atoms with Gasteiger partial charge >= 0.3 is 11.4 Å². The van der Waals surface area contributed by atoms with Gasteiger partial charge in [0.25, 0.3) is 0 Å². The van der Waals surface area contributed by atoms with Crippen molar-refractivity contribution in [2.24, 2.45) is 0 Å². The first-order valence-corrected chi connectivity index (χ1v) is 5.67. The van der Waals surface area contributed by atoms with Crippen LogP contribution in [0.25, 0.3) is 0 Å². The molecule has 0 aromatic heterocycles. The molecule has 1 aliphatic carbocycles. The van der Waals surface area contributed by atoms with E-state index in [0.717, 1.165) is 18.4 Å². The van der Waals surface area contributed by atoms with Gasteiger partial charge in [0.15, 0.2) is 0 Å². The van der Waals surface area contributed by atoms with Gasteiger partial charge < -0.3 is 0 Å². The van der Waals surface area contributed by atoms with Crippen LogP contribution in [0.5, 0.6) is 0 Å². The Morgan fingerprint density at radius 1 is 1.36 bits per heavy atom. The molecular formula is C10H10O3S. The third-order valence-electron chi connectivity index (χ3n) is 2.79. The molecule has 4 heteroatoms. The van der Waals surface area contributed by atoms with Crippen molar-refractivity contribution in [1.29, 1.82) is 0 Å². The second-order valence-electron chi connectivity index (χ2n) is 3.58. The molecule has 1 aromatic carbocycles. The van der Waals surface area contributed by atoms with E-state index in [4.69, 9.17) is 8.37 Å². The maximum absolute atomic E-state index is 11.2. The summed E-state index contributed by atoms with van der Waals surface area (Å²) in [4.78, 5) is 0. The van der Waals surface area contributed by atoms with Gasteiger partial charge in [-0.15, -0.1) is 0 Å². The molecule has 0 saturated heterocycles. The number of rotatable bonds is 0. The first-order valence-electron chi connectivity index (χ1n) is 4.67. The molecule has 14 heavy (non-hydrogen) atoms. The summed E-state index contributed by atoms with van der Waals surface area (Å²) >= 11 is -1.58. The van der Waals surface area contributed by atoms with Crippen LogP contribution >= 0.6 is 0 Å². The Bertz CT molecular complexity index is 402. The number of hydrogen-bond acceptors (Lipinski definition) is 3. The Morgan fingerprint density at radius 3 is 3.14 bits per heavy atom. The molecule has 2 unspecified atom stereocenters. The summed E-state index contributed by atoms with van der Waals surface area (Å²) in [6.45, 7) is 0.395. The van der Waals surface area contributed by atoms with Gasteiger partial charge in [-0.2, -0.15) is 4.21 Å². The zero-order chi connectivity index (χ0) is 9.54. The minimum absolute atomic E-state index is 0.0236. The van der Waals surface area contributed by atoms with E-state index < -0.39 is 11.4 Å². The Kier molecular flexibility index (Phi) is 1.93. The van der Waals surface area contributed by atoms with Crippen molar-refractivity contribution in [2.75, 3.05) is 0 Å². The summed E-state index contributed by atoms with van der Waals surface area (Å²) in [5.41, 5.74) is 3.64. The molecule has 3 rings (SSSR count). The van der Waals surface area contributed by atoms with Gasteiger partial charge in [-0.3, -0.25) is 8.37 Å². The largest absolute Gasteiger partial charge is 0.305 e. The van der Waals surface area contributed by atoms with Crippen LogP contribution in [0, 0.1) is 0 Å². The van der Waals surface area contributed by atoms with E-state index in [9.17, 15) is 4.21 Å². The van der Waals surface area contributed by atoms with Gasteiger partial charge in [0.1, 0.15) is 6.10 Å². The summed E-state index contributed by atoms with van der Waals surface area (Å²) in [6, 6.07) is 6.15. The van der Waals surface area contributed by atoms with Crippen LogP contribution in [-0.2, 0) is 32.8 Å². The third-order valence-corrected chi connectivity index (χ3v) is 3.49. The molecule has 1 aromatic rings. The molecule has 0 saturated carbocycles. The average molecular weight is 210 g/mol. The molecule has 2 atom stereocenters. The lowest BCUT2D eigenvalue weighted by Gasteiger charge is -2.08. The van der Waals surface area contributed by atoms with Crippen LogP contribution in [0.1, 0.15) is 29.2 Å². The summed E-state index contributed by atoms with van der Waals surface area (Å²) < 4.78 is 21.5. The van der Waals surface area contributed by atoms with E-state index in [1.54, 1.807) is 0 Å². The van der Waals surface area contributed by atoms with E-state index in [2.05, 4.69) is 6.07 Å². The molecule has 1 aliphatic heterocycles. The minimum atomic E-state index is -1.58. The van der Waals surface area contributed by atoms with Gasteiger partial charge in [0.05, 0.1) is 6.61 Å². The number of hydrogen-bond donors (Lipinski definition) is 0. The summed E-state index contributed by atoms with van der Waals surface area (Å²) in [6.07, 6.45) is 1.91. The Hall–Kier alpha value is -0.710. The fourth-order valence-corrected chi connectivity index (χ4v) is 2.85. The predicted octanol–water partition coefficient (Wildman–Crippen LogP) is 1.80. The smallest absolute Gasteiger partial charge is 0.264 e. The Balaban J connectivity index is 2.15. The van der Waals surface area contributed by atoms with Crippen molar-refractivity contribution in [1.82, 2.24) is 0 Å². The number of aryl methyl sites for hydroxylation is 1. The SMILES string of the molecule is O=S1OCc2cccc3c2C(CC3)O1. The van der Waals surface area contributed by atoms with Gasteiger partial charge in [-0.05, 0) is 29.5 Å². The highest BCUT2D eigenvalue weighted by atomic mass is 32.2. The van der Waals surface area contributed by atoms with Crippen LogP contribution in [0.3, 0.4) is 0 Å². The van der Waals surface area contributed by atoms with Crippen molar-refractivity contribution < 1.29 is 12.6 Å². The molecule has 0 radical (unpaired) electrons. The average Bonchev–Trinajstić information content (AvgIpc) is 2.51. The fraction of sp³-hybridized carbons (Fsp3) is 0.400. The topological polar surface area (TPSA) is 35.5 Å². The van der Waals surface area contributed by atoms with Gasteiger partial charge in [0.2, 0.25) is 0 Å². The monoisotopic (exact) mass is 210 g/mol. The lowest BCUT2D eigenvalue weighted by molar-refractivity contribution is 0.196. The van der Waals surface area contributed by atoms with E-state index in [0.29, 0.717) is 6.61 Å². The molecule has 3 nitrogen and oxygen atoms in total. The molecule has 74 valence electrons. The maximum atomic E-state index is 11.2. The van der Waals surface area contributed by atoms with Crippen molar-refractivity contribution in [2.45, 2.75) is 25.6 Å². The Labute approximate surface area is 84.9 Å². The van der Waals surface area contributed by atoms with Crippen molar-refractivity contribution in [3.05, 3.63) is 34.9 Å². The van der Waals surface area contributed by atoms with Gasteiger partial charge in [-0.25, -0.2) is 0 Å². The second kappa shape index (κ2) is 3.15. The fourth-order valence-electron chi connectivity index (χ4n) is 2.19. The normalized spacial score (nSPS) is 29.7. The van der Waals surface area contributed by atoms with Crippen molar-refractivity contribution in [3.8, 4) is 0 Å². The number of benzene rings is 1. The lowest BCUT2D eigenvalue weighted by atomic mass is 10.0. The van der Waals surface area contributed by atoms with Crippen LogP contribution in [0.15, 0.2) is 18.2 Å². The first-order chi connectivity index (χ1) is 6.84. The standard InChI is InChI=1S/C10H10O3S/c11-14-12-6-8-3-1-2-7-4-5-9(13-14)10(7)8/h1-3,9H,4-6H2. The minimum Gasteiger partial charge on any atom is -0.264 e. The van der Waals surface area contributed by atoms with Crippen LogP contribution in [0.4, 0.5) is 0 Å². The van der Waals surface area contributed by atoms with Crippen molar-refractivity contribution in [3.63, 3.8) is 0 Å². The quantitative estimate of drug-likeness (QED) is 0.655. The highest BCUT2D eigenvalue weighted by molar-refractivity contribution is 7.75. The third kappa shape index (κ3) is 1.22. The highest BCUT2D eigenvalue weighted by Gasteiger charge is 2.30. The van der Waals surface area contributed by atoms with Crippen LogP contribution < -0.4 is 0 Å². The molecule has 0 N–H and O–H groups in total. The van der Waals surface area contributed by atoms with E-state index in [-0.39, 0.29) is 6.10 Å². The summed E-state index contributed by atoms with van der Waals surface area (Å²) in [5.74, 6) is 0. The van der Waals surface area contributed by atoms with E-state index in [1.165, 1.54) is 11.1 Å². The molecule has 0 fully saturated rings. The molecule has 2 aliphatic rings. The first kappa shape index (κ1) is 8.59. The molecule has 1 heterocycles. The highest BCUT2D eigenvalue weighted by Crippen LogP contribution is 2.39. The maximum Gasteiger partial charge on any atom is 0.305 e. The van der Waals surface area contributed by atoms with E-state index >= 15 is 0 Å². The predicted molar refractivity (Wildman–Crippen MR) is 51.5 cm³/mol. The molecular weight excluding hydrogens is 200 g/mol.